The van der Waals surface area contributed by atoms with Crippen LogP contribution in [0.4, 0.5) is 10.5 Å². The van der Waals surface area contributed by atoms with Gasteiger partial charge in [-0.3, -0.25) is 9.59 Å². The van der Waals surface area contributed by atoms with Crippen molar-refractivity contribution in [3.8, 4) is 0 Å². The van der Waals surface area contributed by atoms with Crippen LogP contribution in [0.15, 0.2) is 18.2 Å². The first kappa shape index (κ1) is 17.1. The van der Waals surface area contributed by atoms with Gasteiger partial charge in [0.2, 0.25) is 11.8 Å². The van der Waals surface area contributed by atoms with E-state index in [0.29, 0.717) is 30.2 Å². The number of nitrogens with zero attached hydrogens (tertiary/aromatic N) is 2. The predicted octanol–water partition coefficient (Wildman–Crippen LogP) is 1.74. The van der Waals surface area contributed by atoms with Gasteiger partial charge in [-0.25, -0.2) is 4.79 Å². The van der Waals surface area contributed by atoms with Crippen molar-refractivity contribution in [1.82, 2.24) is 15.1 Å². The Morgan fingerprint density at radius 3 is 2.73 bits per heavy atom. The van der Waals surface area contributed by atoms with Crippen molar-refractivity contribution >= 4 is 35.1 Å². The number of amides is 4. The molecule has 1 aromatic carbocycles. The second-order valence-corrected chi connectivity index (χ2v) is 7.62. The number of rotatable bonds is 2. The van der Waals surface area contributed by atoms with E-state index in [4.69, 9.17) is 11.6 Å². The van der Waals surface area contributed by atoms with E-state index in [9.17, 15) is 14.4 Å². The van der Waals surface area contributed by atoms with E-state index in [0.717, 1.165) is 18.4 Å². The predicted molar refractivity (Wildman–Crippen MR) is 97.0 cm³/mol. The van der Waals surface area contributed by atoms with Crippen LogP contribution >= 0.6 is 11.6 Å². The van der Waals surface area contributed by atoms with Crippen LogP contribution in [0.3, 0.4) is 0 Å². The van der Waals surface area contributed by atoms with Crippen molar-refractivity contribution in [2.24, 2.45) is 0 Å². The van der Waals surface area contributed by atoms with Crippen molar-refractivity contribution in [1.29, 1.82) is 0 Å². The maximum Gasteiger partial charge on any atom is 0.319 e. The van der Waals surface area contributed by atoms with E-state index in [1.165, 1.54) is 0 Å². The molecule has 3 fully saturated rings. The summed E-state index contributed by atoms with van der Waals surface area (Å²) in [6.45, 7) is 2.91. The molecule has 3 aliphatic rings. The molecule has 8 heteroatoms. The molecule has 0 saturated carbocycles. The molecule has 0 spiro atoms. The molecule has 3 heterocycles. The molecule has 7 nitrogen and oxygen atoms in total. The first-order valence-electron chi connectivity index (χ1n) is 8.88. The Morgan fingerprint density at radius 1 is 1.19 bits per heavy atom. The van der Waals surface area contributed by atoms with E-state index >= 15 is 0 Å². The molecule has 3 saturated heterocycles. The highest BCUT2D eigenvalue weighted by Gasteiger charge is 2.51. The van der Waals surface area contributed by atoms with Gasteiger partial charge >= 0.3 is 6.03 Å². The van der Waals surface area contributed by atoms with Gasteiger partial charge in [0.1, 0.15) is 12.1 Å². The molecule has 26 heavy (non-hydrogen) atoms. The summed E-state index contributed by atoms with van der Waals surface area (Å²) in [6.07, 6.45) is 2.08. The van der Waals surface area contributed by atoms with Gasteiger partial charge in [-0.15, -0.1) is 0 Å². The lowest BCUT2D eigenvalue weighted by molar-refractivity contribution is -0.156. The molecular formula is C18H21ClN4O3. The fraction of sp³-hybridized carbons (Fsp3) is 0.500. The van der Waals surface area contributed by atoms with Crippen molar-refractivity contribution in [3.05, 3.63) is 28.8 Å². The lowest BCUT2D eigenvalue weighted by Gasteiger charge is -2.38. The Kier molecular flexibility index (Phi) is 4.26. The molecule has 3 atom stereocenters. The lowest BCUT2D eigenvalue weighted by Crippen LogP contribution is -2.60. The molecule has 0 aromatic heterocycles. The number of hydrogen-bond acceptors (Lipinski definition) is 3. The zero-order chi connectivity index (χ0) is 18.4. The van der Waals surface area contributed by atoms with Crippen LogP contribution < -0.4 is 10.6 Å². The number of piperazine rings is 1. The van der Waals surface area contributed by atoms with E-state index in [1.807, 2.05) is 6.92 Å². The topological polar surface area (TPSA) is 81.8 Å². The number of hydrogen-bond donors (Lipinski definition) is 2. The second-order valence-electron chi connectivity index (χ2n) is 7.19. The van der Waals surface area contributed by atoms with E-state index in [2.05, 4.69) is 10.6 Å². The molecule has 0 unspecified atom stereocenters. The summed E-state index contributed by atoms with van der Waals surface area (Å²) >= 11 is 5.93. The highest BCUT2D eigenvalue weighted by atomic mass is 35.5. The summed E-state index contributed by atoms with van der Waals surface area (Å²) in [5, 5.41) is 6.30. The fourth-order valence-electron chi connectivity index (χ4n) is 4.20. The summed E-state index contributed by atoms with van der Waals surface area (Å²) in [4.78, 5) is 40.9. The van der Waals surface area contributed by atoms with Crippen LogP contribution in [0.5, 0.6) is 0 Å². The van der Waals surface area contributed by atoms with Gasteiger partial charge in [0.05, 0.1) is 6.04 Å². The van der Waals surface area contributed by atoms with Gasteiger partial charge < -0.3 is 20.4 Å². The number of aryl methyl sites for hydroxylation is 1. The smallest absolute Gasteiger partial charge is 0.319 e. The fourth-order valence-corrected chi connectivity index (χ4v) is 4.43. The second kappa shape index (κ2) is 6.46. The average Bonchev–Trinajstić information content (AvgIpc) is 3.23. The number of fused-ring (bicyclic) bond motifs is 2. The van der Waals surface area contributed by atoms with Crippen molar-refractivity contribution in [2.75, 3.05) is 18.4 Å². The minimum Gasteiger partial charge on any atom is -0.333 e. The third-order valence-electron chi connectivity index (χ3n) is 5.46. The molecule has 0 aliphatic carbocycles. The summed E-state index contributed by atoms with van der Waals surface area (Å²) in [5.41, 5.74) is 1.54. The van der Waals surface area contributed by atoms with E-state index < -0.39 is 6.04 Å². The first-order chi connectivity index (χ1) is 12.4. The number of urea groups is 1. The molecule has 4 amide bonds. The van der Waals surface area contributed by atoms with Crippen molar-refractivity contribution < 1.29 is 14.4 Å². The van der Waals surface area contributed by atoms with Gasteiger partial charge in [-0.2, -0.15) is 0 Å². The van der Waals surface area contributed by atoms with Crippen LogP contribution in [0, 0.1) is 6.92 Å². The van der Waals surface area contributed by atoms with Gasteiger partial charge in [-0.05, 0) is 49.9 Å². The molecular weight excluding hydrogens is 356 g/mol. The zero-order valence-electron chi connectivity index (χ0n) is 14.5. The molecule has 3 aliphatic heterocycles. The summed E-state index contributed by atoms with van der Waals surface area (Å²) in [5.74, 6) is 0.0377. The molecule has 0 radical (unpaired) electrons. The number of anilines is 1. The molecule has 138 valence electrons. The number of halogens is 1. The Morgan fingerprint density at radius 2 is 1.96 bits per heavy atom. The number of nitrogens with one attached hydrogen (secondary N) is 2. The summed E-state index contributed by atoms with van der Waals surface area (Å²) in [6, 6.07) is 3.90. The average molecular weight is 377 g/mol. The minimum absolute atomic E-state index is 0.0188. The Bertz CT molecular complexity index is 754. The maximum absolute atomic E-state index is 12.6. The first-order valence-corrected chi connectivity index (χ1v) is 9.26. The SMILES string of the molecule is Cc1cc(Cl)ccc1NC(=O)N[C@H]1C[C@H]2C(=O)N3CCC[C@H]3C(=O)N2C1. The largest absolute Gasteiger partial charge is 0.333 e. The monoisotopic (exact) mass is 376 g/mol. The van der Waals surface area contributed by atoms with Gasteiger partial charge in [-0.1, -0.05) is 11.6 Å². The highest BCUT2D eigenvalue weighted by Crippen LogP contribution is 2.32. The Hall–Kier alpha value is -2.28. The quantitative estimate of drug-likeness (QED) is 0.825. The normalized spacial score (nSPS) is 27.4. The molecule has 2 N–H and O–H groups in total. The van der Waals surface area contributed by atoms with Crippen molar-refractivity contribution in [3.63, 3.8) is 0 Å². The van der Waals surface area contributed by atoms with Gasteiger partial charge in [0.25, 0.3) is 0 Å². The van der Waals surface area contributed by atoms with Crippen LogP contribution in [0.2, 0.25) is 5.02 Å². The highest BCUT2D eigenvalue weighted by molar-refractivity contribution is 6.30. The van der Waals surface area contributed by atoms with Crippen LogP contribution in [0.25, 0.3) is 0 Å². The van der Waals surface area contributed by atoms with Crippen LogP contribution in [0.1, 0.15) is 24.8 Å². The van der Waals surface area contributed by atoms with Crippen molar-refractivity contribution in [2.45, 2.75) is 44.3 Å². The van der Waals surface area contributed by atoms with Gasteiger partial charge in [0.15, 0.2) is 0 Å². The third-order valence-corrected chi connectivity index (χ3v) is 5.70. The Balaban J connectivity index is 1.40. The summed E-state index contributed by atoms with van der Waals surface area (Å²) < 4.78 is 0. The number of carbonyl (C=O) groups is 3. The van der Waals surface area contributed by atoms with Gasteiger partial charge in [0, 0.05) is 23.8 Å². The third kappa shape index (κ3) is 2.90. The van der Waals surface area contributed by atoms with E-state index in [1.54, 1.807) is 28.0 Å². The maximum atomic E-state index is 12.6. The van der Waals surface area contributed by atoms with Crippen LogP contribution in [-0.2, 0) is 9.59 Å². The lowest BCUT2D eigenvalue weighted by atomic mass is 10.1. The standard InChI is InChI=1S/C18H21ClN4O3/c1-10-7-11(19)4-5-13(10)21-18(26)20-12-8-15-17(25)22-6-2-3-14(22)16(24)23(15)9-12/h4-5,7,12,14-15H,2-3,6,8-9H2,1H3,(H2,20,21,26)/t12-,14-,15-/m0/s1. The van der Waals surface area contributed by atoms with Crippen LogP contribution in [-0.4, -0.2) is 58.9 Å². The minimum atomic E-state index is -0.445. The molecule has 4 rings (SSSR count). The number of benzene rings is 1. The molecule has 0 bridgehead atoms. The zero-order valence-corrected chi connectivity index (χ0v) is 15.3. The summed E-state index contributed by atoms with van der Waals surface area (Å²) in [7, 11) is 0. The Labute approximate surface area is 156 Å². The van der Waals surface area contributed by atoms with E-state index in [-0.39, 0.29) is 29.9 Å². The molecule has 1 aromatic rings. The number of carbonyl (C=O) groups excluding carboxylic acids is 3.